The van der Waals surface area contributed by atoms with Crippen LogP contribution in [0.1, 0.15) is 37.9 Å². The van der Waals surface area contributed by atoms with E-state index in [9.17, 15) is 4.79 Å². The SMILES string of the molecule is CC(C)(C)c1ccc([C@@H](N)C(=O)O)cc1.Cl. The normalized spacial score (nSPS) is 12.8. The number of halogens is 1. The molecule has 0 aliphatic rings. The lowest BCUT2D eigenvalue weighted by molar-refractivity contribution is -0.138. The van der Waals surface area contributed by atoms with Gasteiger partial charge >= 0.3 is 5.97 Å². The molecule has 1 atom stereocenters. The molecule has 0 saturated heterocycles. The fourth-order valence-corrected chi connectivity index (χ4v) is 1.33. The van der Waals surface area contributed by atoms with Gasteiger partial charge in [0, 0.05) is 0 Å². The van der Waals surface area contributed by atoms with Gasteiger partial charge in [0.2, 0.25) is 0 Å². The van der Waals surface area contributed by atoms with Crippen LogP contribution < -0.4 is 5.73 Å². The molecule has 3 N–H and O–H groups in total. The van der Waals surface area contributed by atoms with E-state index in [1.54, 1.807) is 12.1 Å². The van der Waals surface area contributed by atoms with Gasteiger partial charge in [-0.2, -0.15) is 0 Å². The highest BCUT2D eigenvalue weighted by Crippen LogP contribution is 2.23. The molecular formula is C12H18ClNO2. The number of carboxylic acid groups (broad SMARTS) is 1. The van der Waals surface area contributed by atoms with Gasteiger partial charge in [-0.25, -0.2) is 0 Å². The van der Waals surface area contributed by atoms with Gasteiger partial charge in [-0.05, 0) is 16.5 Å². The molecule has 0 amide bonds. The van der Waals surface area contributed by atoms with Gasteiger partial charge in [-0.15, -0.1) is 12.4 Å². The first-order valence-corrected chi connectivity index (χ1v) is 4.91. The van der Waals surface area contributed by atoms with Gasteiger partial charge in [0.05, 0.1) is 0 Å². The van der Waals surface area contributed by atoms with Crippen LogP contribution in [0.2, 0.25) is 0 Å². The molecule has 0 fully saturated rings. The van der Waals surface area contributed by atoms with E-state index >= 15 is 0 Å². The van der Waals surface area contributed by atoms with E-state index in [-0.39, 0.29) is 17.8 Å². The first kappa shape index (κ1) is 14.9. The molecule has 1 aromatic rings. The smallest absolute Gasteiger partial charge is 0.325 e. The second-order valence-corrected chi connectivity index (χ2v) is 4.69. The summed E-state index contributed by atoms with van der Waals surface area (Å²) in [6.45, 7) is 6.33. The minimum absolute atomic E-state index is 0. The van der Waals surface area contributed by atoms with Crippen molar-refractivity contribution in [1.82, 2.24) is 0 Å². The Morgan fingerprint density at radius 3 is 2.00 bits per heavy atom. The standard InChI is InChI=1S/C12H17NO2.ClH/c1-12(2,3)9-6-4-8(5-7-9)10(13)11(14)15;/h4-7,10H,13H2,1-3H3,(H,14,15);1H/t10-;/m1./s1. The first-order valence-electron chi connectivity index (χ1n) is 4.91. The second-order valence-electron chi connectivity index (χ2n) is 4.69. The maximum Gasteiger partial charge on any atom is 0.325 e. The summed E-state index contributed by atoms with van der Waals surface area (Å²) in [6, 6.07) is 6.48. The van der Waals surface area contributed by atoms with Crippen LogP contribution in [0.3, 0.4) is 0 Å². The average Bonchev–Trinajstić information content (AvgIpc) is 2.15. The van der Waals surface area contributed by atoms with Crippen LogP contribution in [0.15, 0.2) is 24.3 Å². The molecule has 0 heterocycles. The van der Waals surface area contributed by atoms with Crippen molar-refractivity contribution < 1.29 is 9.90 Å². The lowest BCUT2D eigenvalue weighted by atomic mass is 9.86. The molecular weight excluding hydrogens is 226 g/mol. The zero-order valence-corrected chi connectivity index (χ0v) is 10.5. The van der Waals surface area contributed by atoms with Crippen LogP contribution in [-0.4, -0.2) is 11.1 Å². The Kier molecular flexibility index (Phi) is 4.97. The topological polar surface area (TPSA) is 63.3 Å². The molecule has 0 radical (unpaired) electrons. The van der Waals surface area contributed by atoms with E-state index < -0.39 is 12.0 Å². The zero-order chi connectivity index (χ0) is 11.6. The quantitative estimate of drug-likeness (QED) is 0.839. The van der Waals surface area contributed by atoms with Gasteiger partial charge in [0.1, 0.15) is 6.04 Å². The van der Waals surface area contributed by atoms with Gasteiger partial charge in [0.15, 0.2) is 0 Å². The zero-order valence-electron chi connectivity index (χ0n) is 9.73. The molecule has 0 unspecified atom stereocenters. The van der Waals surface area contributed by atoms with Crippen molar-refractivity contribution >= 4 is 18.4 Å². The Morgan fingerprint density at radius 1 is 1.25 bits per heavy atom. The monoisotopic (exact) mass is 243 g/mol. The maximum absolute atomic E-state index is 10.7. The van der Waals surface area contributed by atoms with Crippen LogP contribution in [0, 0.1) is 0 Å². The van der Waals surface area contributed by atoms with Gasteiger partial charge < -0.3 is 10.8 Å². The minimum atomic E-state index is -1.00. The number of aliphatic carboxylic acids is 1. The highest BCUT2D eigenvalue weighted by molar-refractivity contribution is 5.85. The van der Waals surface area contributed by atoms with E-state index in [2.05, 4.69) is 20.8 Å². The summed E-state index contributed by atoms with van der Waals surface area (Å²) in [7, 11) is 0. The van der Waals surface area contributed by atoms with Crippen LogP contribution in [0.25, 0.3) is 0 Å². The highest BCUT2D eigenvalue weighted by atomic mass is 35.5. The van der Waals surface area contributed by atoms with Crippen molar-refractivity contribution in [2.75, 3.05) is 0 Å². The first-order chi connectivity index (χ1) is 6.82. The molecule has 0 aliphatic carbocycles. The van der Waals surface area contributed by atoms with E-state index in [4.69, 9.17) is 10.8 Å². The third-order valence-electron chi connectivity index (χ3n) is 2.40. The molecule has 90 valence electrons. The number of carboxylic acids is 1. The number of hydrogen-bond donors (Lipinski definition) is 2. The molecule has 0 spiro atoms. The summed E-state index contributed by atoms with van der Waals surface area (Å²) < 4.78 is 0. The highest BCUT2D eigenvalue weighted by Gasteiger charge is 2.16. The fourth-order valence-electron chi connectivity index (χ4n) is 1.33. The molecule has 16 heavy (non-hydrogen) atoms. The molecule has 4 heteroatoms. The van der Waals surface area contributed by atoms with E-state index in [0.29, 0.717) is 5.56 Å². The lowest BCUT2D eigenvalue weighted by Crippen LogP contribution is -2.21. The summed E-state index contributed by atoms with van der Waals surface area (Å²) in [5.74, 6) is -1.00. The molecule has 0 aliphatic heterocycles. The van der Waals surface area contributed by atoms with Crippen molar-refractivity contribution in [3.05, 3.63) is 35.4 Å². The maximum atomic E-state index is 10.7. The second kappa shape index (κ2) is 5.32. The lowest BCUT2D eigenvalue weighted by Gasteiger charge is -2.19. The predicted molar refractivity (Wildman–Crippen MR) is 67.0 cm³/mol. The van der Waals surface area contributed by atoms with Crippen LogP contribution in [-0.2, 0) is 10.2 Å². The van der Waals surface area contributed by atoms with Gasteiger partial charge in [0.25, 0.3) is 0 Å². The Labute approximate surface area is 102 Å². The Bertz CT molecular complexity index is 354. The van der Waals surface area contributed by atoms with Crippen molar-refractivity contribution in [1.29, 1.82) is 0 Å². The number of carbonyl (C=O) groups is 1. The van der Waals surface area contributed by atoms with Crippen molar-refractivity contribution in [2.45, 2.75) is 32.2 Å². The average molecular weight is 244 g/mol. The van der Waals surface area contributed by atoms with Gasteiger partial charge in [-0.3, -0.25) is 4.79 Å². The van der Waals surface area contributed by atoms with Crippen molar-refractivity contribution in [2.24, 2.45) is 5.73 Å². The fraction of sp³-hybridized carbons (Fsp3) is 0.417. The summed E-state index contributed by atoms with van der Waals surface area (Å²) >= 11 is 0. The molecule has 1 aromatic carbocycles. The number of hydrogen-bond acceptors (Lipinski definition) is 2. The summed E-state index contributed by atoms with van der Waals surface area (Å²) in [6.07, 6.45) is 0. The van der Waals surface area contributed by atoms with Gasteiger partial charge in [-0.1, -0.05) is 45.0 Å². The molecule has 0 bridgehead atoms. The van der Waals surface area contributed by atoms with Crippen LogP contribution >= 0.6 is 12.4 Å². The number of rotatable bonds is 2. The van der Waals surface area contributed by atoms with Crippen LogP contribution in [0.4, 0.5) is 0 Å². The summed E-state index contributed by atoms with van der Waals surface area (Å²) in [5.41, 5.74) is 7.38. The third-order valence-corrected chi connectivity index (χ3v) is 2.40. The molecule has 1 rings (SSSR count). The van der Waals surface area contributed by atoms with Crippen molar-refractivity contribution in [3.8, 4) is 0 Å². The molecule has 0 saturated carbocycles. The Balaban J connectivity index is 0.00000225. The van der Waals surface area contributed by atoms with E-state index in [1.165, 1.54) is 5.56 Å². The third kappa shape index (κ3) is 3.51. The predicted octanol–water partition coefficient (Wildman–Crippen LogP) is 2.49. The van der Waals surface area contributed by atoms with Crippen molar-refractivity contribution in [3.63, 3.8) is 0 Å². The minimum Gasteiger partial charge on any atom is -0.480 e. The number of benzene rings is 1. The van der Waals surface area contributed by atoms with E-state index in [1.807, 2.05) is 12.1 Å². The Morgan fingerprint density at radius 2 is 1.69 bits per heavy atom. The molecule has 0 aromatic heterocycles. The summed E-state index contributed by atoms with van der Waals surface area (Å²) in [4.78, 5) is 10.7. The Hall–Kier alpha value is -1.06. The van der Waals surface area contributed by atoms with Crippen LogP contribution in [0.5, 0.6) is 0 Å². The summed E-state index contributed by atoms with van der Waals surface area (Å²) in [5, 5.41) is 8.74. The number of nitrogens with two attached hydrogens (primary N) is 1. The van der Waals surface area contributed by atoms with E-state index in [0.717, 1.165) is 0 Å². The molecule has 3 nitrogen and oxygen atoms in total. The largest absolute Gasteiger partial charge is 0.480 e.